The van der Waals surface area contributed by atoms with E-state index in [9.17, 15) is 4.79 Å². The van der Waals surface area contributed by atoms with Gasteiger partial charge >= 0.3 is 197 Å². The Balaban J connectivity index is 1.46. The van der Waals surface area contributed by atoms with E-state index in [-0.39, 0.29) is 5.97 Å². The molecule has 0 fully saturated rings. The Bertz CT molecular complexity index is 1160. The Labute approximate surface area is 196 Å². The van der Waals surface area contributed by atoms with E-state index in [2.05, 4.69) is 51.4 Å². The van der Waals surface area contributed by atoms with Crippen molar-refractivity contribution in [3.8, 4) is 0 Å². The second-order valence-electron chi connectivity index (χ2n) is 8.38. The van der Waals surface area contributed by atoms with Crippen molar-refractivity contribution in [3.05, 3.63) is 96.7 Å². The second-order valence-corrected chi connectivity index (χ2v) is 18.9. The van der Waals surface area contributed by atoms with Crippen LogP contribution in [0.3, 0.4) is 0 Å². The molecule has 0 radical (unpaired) electrons. The molecule has 4 aromatic rings. The molecule has 0 aliphatic rings. The zero-order valence-electron chi connectivity index (χ0n) is 18.1. The number of nitrogens with one attached hydrogen (secondary N) is 1. The molecular weight excluding hydrogens is 483 g/mol. The van der Waals surface area contributed by atoms with Gasteiger partial charge in [0.15, 0.2) is 0 Å². The summed E-state index contributed by atoms with van der Waals surface area (Å²) in [5.74, 6) is -0.373. The number of hydrogen-bond donors (Lipinski definition) is 2. The number of carbonyl (C=O) groups is 1. The van der Waals surface area contributed by atoms with Crippen molar-refractivity contribution in [1.82, 2.24) is 4.98 Å². The number of halogens is 1. The Kier molecular flexibility index (Phi) is 6.52. The van der Waals surface area contributed by atoms with E-state index in [1.165, 1.54) is 10.6 Å². The summed E-state index contributed by atoms with van der Waals surface area (Å²) in [5, 5.41) is 0.826. The number of esters is 1. The average molecular weight is 511 g/mol. The molecule has 0 bridgehead atoms. The molecule has 0 spiro atoms. The number of fused-ring (bicyclic) bond motifs is 1. The molecule has 1 atom stereocenters. The fraction of sp³-hybridized carbons (Fsp3) is 0.192. The zero-order chi connectivity index (χ0) is 22.6. The van der Waals surface area contributed by atoms with Gasteiger partial charge < -0.3 is 0 Å². The zero-order valence-corrected chi connectivity index (χ0v) is 20.6. The third-order valence-electron chi connectivity index (χ3n) is 6.13. The number of carbonyl (C=O) groups excluding carboxylic acids is 1. The molecule has 0 amide bonds. The first-order valence-corrected chi connectivity index (χ1v) is 15.6. The number of para-hydroxylation sites is 1. The molecule has 32 heavy (non-hydrogen) atoms. The van der Waals surface area contributed by atoms with Gasteiger partial charge in [-0.05, 0) is 0 Å². The SMILES string of the molecule is CP(Br)(CCOC(=O)[C@@H](N)Cc1c[nH]c2ccccc12)(c1ccccc1)c1ccccc1. The molecule has 6 heteroatoms. The number of nitrogens with two attached hydrogens (primary N) is 1. The van der Waals surface area contributed by atoms with E-state index in [0.717, 1.165) is 16.5 Å². The van der Waals surface area contributed by atoms with Gasteiger partial charge in [0.25, 0.3) is 0 Å². The van der Waals surface area contributed by atoms with Crippen LogP contribution in [0.15, 0.2) is 91.1 Å². The minimum absolute atomic E-state index is 0.295. The molecule has 1 aromatic heterocycles. The average Bonchev–Trinajstić information content (AvgIpc) is 3.23. The fourth-order valence-corrected chi connectivity index (χ4v) is 9.20. The van der Waals surface area contributed by atoms with Crippen LogP contribution in [0.25, 0.3) is 10.9 Å². The first-order chi connectivity index (χ1) is 15.4. The number of ether oxygens (including phenoxy) is 1. The normalized spacial score (nSPS) is 13.9. The molecule has 0 saturated heterocycles. The molecule has 4 nitrogen and oxygen atoms in total. The van der Waals surface area contributed by atoms with Crippen LogP contribution in [0.5, 0.6) is 0 Å². The van der Waals surface area contributed by atoms with Crippen molar-refractivity contribution >= 4 is 48.3 Å². The van der Waals surface area contributed by atoms with Gasteiger partial charge in [-0.15, -0.1) is 0 Å². The summed E-state index contributed by atoms with van der Waals surface area (Å²) >= 11 is 4.17. The molecule has 3 N–H and O–H groups in total. The first-order valence-electron chi connectivity index (χ1n) is 10.7. The van der Waals surface area contributed by atoms with Crippen molar-refractivity contribution in [2.24, 2.45) is 5.73 Å². The second kappa shape index (κ2) is 9.19. The van der Waals surface area contributed by atoms with Gasteiger partial charge in [-0.2, -0.15) is 0 Å². The van der Waals surface area contributed by atoms with Gasteiger partial charge in [-0.1, -0.05) is 0 Å². The Hall–Kier alpha value is -2.46. The quantitative estimate of drug-likeness (QED) is 0.266. The topological polar surface area (TPSA) is 68.1 Å². The Morgan fingerprint density at radius 3 is 2.16 bits per heavy atom. The number of aromatic amines is 1. The molecule has 1 heterocycles. The molecule has 166 valence electrons. The molecule has 0 aliphatic carbocycles. The van der Waals surface area contributed by atoms with E-state index in [0.29, 0.717) is 19.2 Å². The van der Waals surface area contributed by atoms with Crippen LogP contribution in [-0.2, 0) is 16.0 Å². The number of hydrogen-bond acceptors (Lipinski definition) is 3. The number of aromatic nitrogens is 1. The van der Waals surface area contributed by atoms with Crippen LogP contribution >= 0.6 is 20.8 Å². The van der Waals surface area contributed by atoms with Crippen molar-refractivity contribution in [2.75, 3.05) is 19.4 Å². The van der Waals surface area contributed by atoms with E-state index in [1.807, 2.05) is 66.9 Å². The fourth-order valence-electron chi connectivity index (χ4n) is 4.13. The van der Waals surface area contributed by atoms with E-state index in [1.54, 1.807) is 0 Å². The van der Waals surface area contributed by atoms with Gasteiger partial charge in [0, 0.05) is 0 Å². The van der Waals surface area contributed by atoms with Crippen LogP contribution in [-0.4, -0.2) is 36.4 Å². The molecule has 0 aliphatic heterocycles. The van der Waals surface area contributed by atoms with E-state index in [4.69, 9.17) is 10.5 Å². The van der Waals surface area contributed by atoms with Crippen LogP contribution in [0, 0.1) is 0 Å². The molecular formula is C26H28BrN2O2P. The predicted octanol–water partition coefficient (Wildman–Crippen LogP) is 4.72. The summed E-state index contributed by atoms with van der Waals surface area (Å²) in [6.45, 7) is 2.56. The van der Waals surface area contributed by atoms with Crippen LogP contribution in [0.1, 0.15) is 5.56 Å². The summed E-state index contributed by atoms with van der Waals surface area (Å²) < 4.78 is 5.70. The summed E-state index contributed by atoms with van der Waals surface area (Å²) in [6.07, 6.45) is 3.04. The molecule has 0 saturated carbocycles. The first kappa shape index (κ1) is 22.7. The maximum atomic E-state index is 12.7. The Morgan fingerprint density at radius 2 is 1.53 bits per heavy atom. The van der Waals surface area contributed by atoms with Gasteiger partial charge in [0.05, 0.1) is 0 Å². The van der Waals surface area contributed by atoms with Crippen molar-refractivity contribution < 1.29 is 9.53 Å². The van der Waals surface area contributed by atoms with Crippen molar-refractivity contribution in [2.45, 2.75) is 12.5 Å². The van der Waals surface area contributed by atoms with Crippen molar-refractivity contribution in [3.63, 3.8) is 0 Å². The minimum atomic E-state index is -2.71. The predicted molar refractivity (Wildman–Crippen MR) is 140 cm³/mol. The van der Waals surface area contributed by atoms with Gasteiger partial charge in [0.1, 0.15) is 0 Å². The van der Waals surface area contributed by atoms with Crippen molar-refractivity contribution in [1.29, 1.82) is 0 Å². The number of benzene rings is 3. The Morgan fingerprint density at radius 1 is 0.969 bits per heavy atom. The summed E-state index contributed by atoms with van der Waals surface area (Å²) in [5.41, 5.74) is 8.28. The van der Waals surface area contributed by atoms with E-state index >= 15 is 0 Å². The number of rotatable bonds is 8. The molecule has 0 unspecified atom stereocenters. The summed E-state index contributed by atoms with van der Waals surface area (Å²) in [6, 6.07) is 28.1. The summed E-state index contributed by atoms with van der Waals surface area (Å²) in [7, 11) is 0. The third kappa shape index (κ3) is 4.52. The van der Waals surface area contributed by atoms with Crippen LogP contribution in [0.2, 0.25) is 0 Å². The van der Waals surface area contributed by atoms with Crippen LogP contribution in [0.4, 0.5) is 0 Å². The van der Waals surface area contributed by atoms with Gasteiger partial charge in [-0.3, -0.25) is 0 Å². The monoisotopic (exact) mass is 510 g/mol. The van der Waals surface area contributed by atoms with Gasteiger partial charge in [0.2, 0.25) is 0 Å². The van der Waals surface area contributed by atoms with E-state index < -0.39 is 11.3 Å². The maximum absolute atomic E-state index is 12.7. The molecule has 4 rings (SSSR count). The van der Waals surface area contributed by atoms with Crippen LogP contribution < -0.4 is 16.3 Å². The van der Waals surface area contributed by atoms with Gasteiger partial charge in [-0.25, -0.2) is 0 Å². The standard InChI is InChI=1S/C26H28BrN2O2P/c1-32(27,21-10-4-2-5-11-21,22-12-6-3-7-13-22)17-16-31-26(30)24(28)18-20-19-29-25-15-9-8-14-23(20)25/h2-15,19,24,29H,16-18,28H2,1H3/t24-/m0/s1. The third-order valence-corrected chi connectivity index (χ3v) is 14.2. The summed E-state index contributed by atoms with van der Waals surface area (Å²) in [4.78, 5) is 15.9. The molecule has 3 aromatic carbocycles. The number of H-pyrrole nitrogens is 1.